The third kappa shape index (κ3) is 1.99. The molecule has 0 amide bonds. The number of aromatic nitrogens is 2. The molecule has 3 nitrogen and oxygen atoms in total. The van der Waals surface area contributed by atoms with E-state index in [1.807, 2.05) is 13.8 Å². The van der Waals surface area contributed by atoms with Crippen LogP contribution in [-0.2, 0) is 0 Å². The van der Waals surface area contributed by atoms with Crippen molar-refractivity contribution >= 4 is 10.9 Å². The van der Waals surface area contributed by atoms with Gasteiger partial charge in [-0.25, -0.2) is 4.39 Å². The number of aromatic amines is 1. The minimum Gasteiger partial charge on any atom is -0.326 e. The summed E-state index contributed by atoms with van der Waals surface area (Å²) in [7, 11) is 0. The Hall–Kier alpha value is -2.49. The predicted molar refractivity (Wildman–Crippen MR) is 77.2 cm³/mol. The minimum atomic E-state index is -0.377. The fraction of sp³-hybridized carbons (Fsp3) is 0.125. The van der Waals surface area contributed by atoms with Crippen molar-refractivity contribution in [2.24, 2.45) is 0 Å². The zero-order chi connectivity index (χ0) is 14.3. The molecule has 1 N–H and O–H groups in total. The van der Waals surface area contributed by atoms with Crippen LogP contribution in [0, 0.1) is 19.7 Å². The van der Waals surface area contributed by atoms with Crippen molar-refractivity contribution in [3.05, 3.63) is 64.0 Å². The monoisotopic (exact) mass is 268 g/mol. The summed E-state index contributed by atoms with van der Waals surface area (Å²) < 4.78 is 13.8. The Bertz CT molecular complexity index is 868. The highest BCUT2D eigenvalue weighted by Crippen LogP contribution is 2.26. The Balaban J connectivity index is 2.40. The lowest BCUT2D eigenvalue weighted by atomic mass is 10.0. The molecule has 2 aromatic heterocycles. The molecule has 2 heterocycles. The first-order valence-electron chi connectivity index (χ1n) is 6.31. The summed E-state index contributed by atoms with van der Waals surface area (Å²) in [5, 5.41) is 0.681. The summed E-state index contributed by atoms with van der Waals surface area (Å²) in [6, 6.07) is 8.08. The normalized spacial score (nSPS) is 10.9. The van der Waals surface area contributed by atoms with Crippen LogP contribution in [0.3, 0.4) is 0 Å². The van der Waals surface area contributed by atoms with Crippen LogP contribution in [0.4, 0.5) is 4.39 Å². The van der Waals surface area contributed by atoms with E-state index >= 15 is 0 Å². The molecule has 0 aliphatic rings. The number of fused-ring (bicyclic) bond motifs is 1. The molecule has 0 bridgehead atoms. The van der Waals surface area contributed by atoms with E-state index in [0.29, 0.717) is 22.0 Å². The minimum absolute atomic E-state index is 0.231. The van der Waals surface area contributed by atoms with Gasteiger partial charge in [0, 0.05) is 28.4 Å². The van der Waals surface area contributed by atoms with Crippen LogP contribution in [0.5, 0.6) is 0 Å². The van der Waals surface area contributed by atoms with Gasteiger partial charge in [-0.05, 0) is 43.7 Å². The van der Waals surface area contributed by atoms with Gasteiger partial charge in [-0.15, -0.1) is 0 Å². The molecule has 0 fully saturated rings. The number of aryl methyl sites for hydroxylation is 2. The molecule has 0 saturated heterocycles. The molecule has 0 unspecified atom stereocenters. The Morgan fingerprint density at radius 2 is 1.95 bits per heavy atom. The summed E-state index contributed by atoms with van der Waals surface area (Å²) in [5.41, 5.74) is 3.12. The van der Waals surface area contributed by atoms with E-state index in [9.17, 15) is 9.18 Å². The molecule has 3 aromatic rings. The van der Waals surface area contributed by atoms with Crippen LogP contribution in [0.15, 0.2) is 41.3 Å². The number of nitrogens with zero attached hydrogens (tertiary/aromatic N) is 1. The fourth-order valence-corrected chi connectivity index (χ4v) is 2.29. The van der Waals surface area contributed by atoms with E-state index in [-0.39, 0.29) is 11.4 Å². The lowest BCUT2D eigenvalue weighted by molar-refractivity contribution is 0.630. The van der Waals surface area contributed by atoms with Gasteiger partial charge in [-0.2, -0.15) is 0 Å². The number of benzene rings is 1. The van der Waals surface area contributed by atoms with Crippen LogP contribution in [0.25, 0.3) is 22.0 Å². The maximum absolute atomic E-state index is 13.8. The zero-order valence-electron chi connectivity index (χ0n) is 11.2. The van der Waals surface area contributed by atoms with Crippen molar-refractivity contribution in [2.45, 2.75) is 13.8 Å². The van der Waals surface area contributed by atoms with E-state index < -0.39 is 0 Å². The van der Waals surface area contributed by atoms with E-state index in [4.69, 9.17) is 0 Å². The van der Waals surface area contributed by atoms with Gasteiger partial charge in [0.25, 0.3) is 5.56 Å². The first kappa shape index (κ1) is 12.5. The highest BCUT2D eigenvalue weighted by Gasteiger charge is 2.12. The summed E-state index contributed by atoms with van der Waals surface area (Å²) in [5.74, 6) is -0.377. The molecule has 0 saturated carbocycles. The van der Waals surface area contributed by atoms with Crippen molar-refractivity contribution in [2.75, 3.05) is 0 Å². The van der Waals surface area contributed by atoms with Gasteiger partial charge in [0.15, 0.2) is 0 Å². The van der Waals surface area contributed by atoms with Gasteiger partial charge in [0.1, 0.15) is 5.82 Å². The molecule has 4 heteroatoms. The number of rotatable bonds is 1. The van der Waals surface area contributed by atoms with Crippen LogP contribution in [0.1, 0.15) is 11.3 Å². The average molecular weight is 268 g/mol. The molecule has 0 atom stereocenters. The van der Waals surface area contributed by atoms with Crippen LogP contribution in [0.2, 0.25) is 0 Å². The molecule has 0 radical (unpaired) electrons. The number of hydrogen-bond donors (Lipinski definition) is 1. The number of halogens is 1. The van der Waals surface area contributed by atoms with Gasteiger partial charge in [-0.3, -0.25) is 9.78 Å². The van der Waals surface area contributed by atoms with Gasteiger partial charge in [0.05, 0.1) is 5.52 Å². The SMILES string of the molecule is Cc1cc(-c2cc(F)cc3cccnc23)c(=O)[nH]c1C. The van der Waals surface area contributed by atoms with Crippen LogP contribution >= 0.6 is 0 Å². The summed E-state index contributed by atoms with van der Waals surface area (Å²) in [6.45, 7) is 3.74. The van der Waals surface area contributed by atoms with Crippen molar-refractivity contribution < 1.29 is 4.39 Å². The molecule has 0 spiro atoms. The fourth-order valence-electron chi connectivity index (χ4n) is 2.29. The van der Waals surface area contributed by atoms with Crippen molar-refractivity contribution in [1.82, 2.24) is 9.97 Å². The van der Waals surface area contributed by atoms with Gasteiger partial charge in [-0.1, -0.05) is 6.07 Å². The second-order valence-electron chi connectivity index (χ2n) is 4.85. The molecule has 1 aromatic carbocycles. The molecular formula is C16H13FN2O. The van der Waals surface area contributed by atoms with Gasteiger partial charge >= 0.3 is 0 Å². The molecular weight excluding hydrogens is 255 g/mol. The lowest BCUT2D eigenvalue weighted by Crippen LogP contribution is -2.11. The average Bonchev–Trinajstić information content (AvgIpc) is 2.42. The molecule has 3 rings (SSSR count). The Morgan fingerprint density at radius 1 is 1.15 bits per heavy atom. The molecule has 0 aliphatic carbocycles. The number of nitrogens with one attached hydrogen (secondary N) is 1. The summed E-state index contributed by atoms with van der Waals surface area (Å²) in [6.07, 6.45) is 1.64. The Labute approximate surface area is 115 Å². The largest absolute Gasteiger partial charge is 0.326 e. The quantitative estimate of drug-likeness (QED) is 0.735. The highest BCUT2D eigenvalue weighted by molar-refractivity contribution is 5.93. The molecule has 20 heavy (non-hydrogen) atoms. The smallest absolute Gasteiger partial charge is 0.256 e. The number of hydrogen-bond acceptors (Lipinski definition) is 2. The van der Waals surface area contributed by atoms with E-state index in [2.05, 4.69) is 9.97 Å². The van der Waals surface area contributed by atoms with Crippen molar-refractivity contribution in [3.63, 3.8) is 0 Å². The third-order valence-corrected chi connectivity index (χ3v) is 3.46. The van der Waals surface area contributed by atoms with Gasteiger partial charge < -0.3 is 4.98 Å². The predicted octanol–water partition coefficient (Wildman–Crippen LogP) is 3.35. The number of pyridine rings is 2. The molecule has 0 aliphatic heterocycles. The Morgan fingerprint density at radius 3 is 2.75 bits per heavy atom. The van der Waals surface area contributed by atoms with E-state index in [1.165, 1.54) is 12.1 Å². The topological polar surface area (TPSA) is 45.8 Å². The first-order valence-corrected chi connectivity index (χ1v) is 6.31. The highest BCUT2D eigenvalue weighted by atomic mass is 19.1. The van der Waals surface area contributed by atoms with E-state index in [0.717, 1.165) is 11.3 Å². The lowest BCUT2D eigenvalue weighted by Gasteiger charge is -2.08. The van der Waals surface area contributed by atoms with Crippen LogP contribution in [-0.4, -0.2) is 9.97 Å². The summed E-state index contributed by atoms with van der Waals surface area (Å²) >= 11 is 0. The van der Waals surface area contributed by atoms with Crippen molar-refractivity contribution in [3.8, 4) is 11.1 Å². The standard InChI is InChI=1S/C16H13FN2O/c1-9-6-14(16(20)19-10(9)2)13-8-12(17)7-11-4-3-5-18-15(11)13/h3-8H,1-2H3,(H,19,20). The first-order chi connectivity index (χ1) is 9.56. The van der Waals surface area contributed by atoms with Gasteiger partial charge in [0.2, 0.25) is 0 Å². The second-order valence-corrected chi connectivity index (χ2v) is 4.85. The maximum atomic E-state index is 13.8. The maximum Gasteiger partial charge on any atom is 0.256 e. The zero-order valence-corrected chi connectivity index (χ0v) is 11.2. The van der Waals surface area contributed by atoms with Crippen LogP contribution < -0.4 is 5.56 Å². The van der Waals surface area contributed by atoms with E-state index in [1.54, 1.807) is 24.4 Å². The molecule has 100 valence electrons. The third-order valence-electron chi connectivity index (χ3n) is 3.46. The second kappa shape index (κ2) is 4.56. The summed E-state index contributed by atoms with van der Waals surface area (Å²) in [4.78, 5) is 19.2. The van der Waals surface area contributed by atoms with Crippen molar-refractivity contribution in [1.29, 1.82) is 0 Å². The Kier molecular flexibility index (Phi) is 2.86. The number of H-pyrrole nitrogens is 1.